The molecule has 0 spiro atoms. The van der Waals surface area contributed by atoms with Crippen molar-refractivity contribution in [1.29, 1.82) is 0 Å². The fourth-order valence-electron chi connectivity index (χ4n) is 2.54. The molecule has 0 aliphatic carbocycles. The lowest BCUT2D eigenvalue weighted by Crippen LogP contribution is -2.31. The molecular formula is C17H27NO4. The average molecular weight is 309 g/mol. The third kappa shape index (κ3) is 4.78. The number of methoxy groups -OCH3 is 2. The number of ether oxygens (including phenoxy) is 4. The monoisotopic (exact) mass is 309 g/mol. The van der Waals surface area contributed by atoms with Crippen LogP contribution in [0.15, 0.2) is 18.2 Å². The molecule has 0 saturated carbocycles. The Morgan fingerprint density at radius 3 is 2.59 bits per heavy atom. The number of benzene rings is 1. The first kappa shape index (κ1) is 16.9. The lowest BCUT2D eigenvalue weighted by molar-refractivity contribution is 0.108. The van der Waals surface area contributed by atoms with Crippen molar-refractivity contribution in [2.45, 2.75) is 25.9 Å². The standard InChI is InChI=1S/C17H27NO4/c1-13(10-18-11-14-6-5-9-21-14)12-22-17-15(19-2)7-4-8-16(17)20-3/h4,7-8,13-14,18H,5-6,9-12H2,1-3H3/t13-,14-/m0/s1. The van der Waals surface area contributed by atoms with Crippen molar-refractivity contribution in [2.24, 2.45) is 5.92 Å². The van der Waals surface area contributed by atoms with E-state index < -0.39 is 0 Å². The zero-order valence-electron chi connectivity index (χ0n) is 13.8. The molecule has 0 amide bonds. The van der Waals surface area contributed by atoms with E-state index in [4.69, 9.17) is 18.9 Å². The van der Waals surface area contributed by atoms with Crippen molar-refractivity contribution >= 4 is 0 Å². The molecule has 1 N–H and O–H groups in total. The van der Waals surface area contributed by atoms with E-state index in [-0.39, 0.29) is 0 Å². The topological polar surface area (TPSA) is 49.0 Å². The first-order valence-corrected chi connectivity index (χ1v) is 7.90. The van der Waals surface area contributed by atoms with Crippen LogP contribution in [0, 0.1) is 5.92 Å². The molecule has 0 aromatic heterocycles. The maximum Gasteiger partial charge on any atom is 0.203 e. The van der Waals surface area contributed by atoms with E-state index in [0.717, 1.165) is 26.1 Å². The molecule has 1 heterocycles. The van der Waals surface area contributed by atoms with E-state index in [1.807, 2.05) is 18.2 Å². The number of hydrogen-bond donors (Lipinski definition) is 1. The Balaban J connectivity index is 1.76. The van der Waals surface area contributed by atoms with E-state index >= 15 is 0 Å². The second kappa shape index (κ2) is 8.86. The summed E-state index contributed by atoms with van der Waals surface area (Å²) in [5.41, 5.74) is 0. The minimum absolute atomic E-state index is 0.377. The van der Waals surface area contributed by atoms with Gasteiger partial charge in [-0.3, -0.25) is 0 Å². The normalized spacial score (nSPS) is 19.0. The van der Waals surface area contributed by atoms with Crippen LogP contribution in [0.4, 0.5) is 0 Å². The number of hydrogen-bond acceptors (Lipinski definition) is 5. The van der Waals surface area contributed by atoms with Crippen LogP contribution in [-0.4, -0.2) is 46.6 Å². The van der Waals surface area contributed by atoms with E-state index in [1.165, 1.54) is 6.42 Å². The van der Waals surface area contributed by atoms with Crippen LogP contribution in [-0.2, 0) is 4.74 Å². The van der Waals surface area contributed by atoms with Crippen LogP contribution in [0.5, 0.6) is 17.2 Å². The second-order valence-electron chi connectivity index (χ2n) is 5.70. The van der Waals surface area contributed by atoms with Crippen molar-refractivity contribution in [1.82, 2.24) is 5.32 Å². The molecule has 1 saturated heterocycles. The largest absolute Gasteiger partial charge is 0.493 e. The van der Waals surface area contributed by atoms with Crippen LogP contribution < -0.4 is 19.5 Å². The summed E-state index contributed by atoms with van der Waals surface area (Å²) < 4.78 is 22.2. The Morgan fingerprint density at radius 2 is 2.00 bits per heavy atom. The molecule has 1 fully saturated rings. The van der Waals surface area contributed by atoms with E-state index in [0.29, 0.717) is 35.9 Å². The molecule has 2 atom stereocenters. The van der Waals surface area contributed by atoms with Gasteiger partial charge in [-0.1, -0.05) is 13.0 Å². The summed E-state index contributed by atoms with van der Waals surface area (Å²) in [6.07, 6.45) is 2.72. The van der Waals surface area contributed by atoms with Gasteiger partial charge in [0.05, 0.1) is 26.9 Å². The lowest BCUT2D eigenvalue weighted by Gasteiger charge is -2.18. The summed E-state index contributed by atoms with van der Waals surface area (Å²) in [6, 6.07) is 5.63. The van der Waals surface area contributed by atoms with Gasteiger partial charge in [0.2, 0.25) is 5.75 Å². The highest BCUT2D eigenvalue weighted by molar-refractivity contribution is 5.51. The van der Waals surface area contributed by atoms with Crippen LogP contribution in [0.25, 0.3) is 0 Å². The second-order valence-corrected chi connectivity index (χ2v) is 5.70. The first-order chi connectivity index (χ1) is 10.7. The van der Waals surface area contributed by atoms with Crippen LogP contribution >= 0.6 is 0 Å². The molecule has 0 radical (unpaired) electrons. The minimum atomic E-state index is 0.377. The van der Waals surface area contributed by atoms with Crippen LogP contribution in [0.1, 0.15) is 19.8 Å². The predicted molar refractivity (Wildman–Crippen MR) is 86.0 cm³/mol. The molecule has 1 aromatic rings. The van der Waals surface area contributed by atoms with Gasteiger partial charge in [-0.2, -0.15) is 0 Å². The summed E-state index contributed by atoms with van der Waals surface area (Å²) in [4.78, 5) is 0. The van der Waals surface area contributed by atoms with Crippen molar-refractivity contribution in [3.05, 3.63) is 18.2 Å². The van der Waals surface area contributed by atoms with E-state index in [2.05, 4.69) is 12.2 Å². The molecule has 1 aliphatic heterocycles. The first-order valence-electron chi connectivity index (χ1n) is 7.90. The minimum Gasteiger partial charge on any atom is -0.493 e. The SMILES string of the molecule is COc1cccc(OC)c1OC[C@@H](C)CNC[C@@H]1CCCO1. The Labute approximate surface area is 132 Å². The van der Waals surface area contributed by atoms with Gasteiger partial charge in [0.1, 0.15) is 0 Å². The molecule has 5 heteroatoms. The molecule has 0 unspecified atom stereocenters. The van der Waals surface area contributed by atoms with E-state index in [9.17, 15) is 0 Å². The third-order valence-corrected chi connectivity index (χ3v) is 3.78. The highest BCUT2D eigenvalue weighted by Gasteiger charge is 2.16. The highest BCUT2D eigenvalue weighted by Crippen LogP contribution is 2.36. The molecule has 1 aliphatic rings. The van der Waals surface area contributed by atoms with Gasteiger partial charge in [-0.25, -0.2) is 0 Å². The van der Waals surface area contributed by atoms with Gasteiger partial charge in [0, 0.05) is 25.6 Å². The molecule has 2 rings (SSSR count). The van der Waals surface area contributed by atoms with Gasteiger partial charge in [-0.15, -0.1) is 0 Å². The van der Waals surface area contributed by atoms with Gasteiger partial charge in [-0.05, 0) is 25.0 Å². The molecule has 0 bridgehead atoms. The van der Waals surface area contributed by atoms with Gasteiger partial charge < -0.3 is 24.3 Å². The fourth-order valence-corrected chi connectivity index (χ4v) is 2.54. The average Bonchev–Trinajstić information content (AvgIpc) is 3.05. The molecular weight excluding hydrogens is 282 g/mol. The van der Waals surface area contributed by atoms with Crippen molar-refractivity contribution in [2.75, 3.05) is 40.5 Å². The third-order valence-electron chi connectivity index (χ3n) is 3.78. The van der Waals surface area contributed by atoms with E-state index in [1.54, 1.807) is 14.2 Å². The molecule has 22 heavy (non-hydrogen) atoms. The molecule has 5 nitrogen and oxygen atoms in total. The Kier molecular flexibility index (Phi) is 6.80. The summed E-state index contributed by atoms with van der Waals surface area (Å²) in [5.74, 6) is 2.44. The zero-order chi connectivity index (χ0) is 15.8. The fraction of sp³-hybridized carbons (Fsp3) is 0.647. The Hall–Kier alpha value is -1.46. The van der Waals surface area contributed by atoms with Crippen LogP contribution in [0.2, 0.25) is 0 Å². The van der Waals surface area contributed by atoms with Gasteiger partial charge in [0.15, 0.2) is 11.5 Å². The maximum absolute atomic E-state index is 5.91. The zero-order valence-corrected chi connectivity index (χ0v) is 13.8. The quantitative estimate of drug-likeness (QED) is 0.759. The van der Waals surface area contributed by atoms with Gasteiger partial charge >= 0.3 is 0 Å². The van der Waals surface area contributed by atoms with Gasteiger partial charge in [0.25, 0.3) is 0 Å². The van der Waals surface area contributed by atoms with Crippen LogP contribution in [0.3, 0.4) is 0 Å². The summed E-state index contributed by atoms with van der Waals surface area (Å²) >= 11 is 0. The smallest absolute Gasteiger partial charge is 0.203 e. The summed E-state index contributed by atoms with van der Waals surface area (Å²) in [7, 11) is 3.27. The number of rotatable bonds is 9. The Bertz CT molecular complexity index is 424. The molecule has 124 valence electrons. The summed E-state index contributed by atoms with van der Waals surface area (Å²) in [6.45, 7) is 5.48. The highest BCUT2D eigenvalue weighted by atomic mass is 16.5. The number of para-hydroxylation sites is 1. The number of nitrogens with one attached hydrogen (secondary N) is 1. The lowest BCUT2D eigenvalue weighted by atomic mass is 10.2. The Morgan fingerprint density at radius 1 is 1.27 bits per heavy atom. The molecule has 1 aromatic carbocycles. The van der Waals surface area contributed by atoms with Crippen molar-refractivity contribution in [3.8, 4) is 17.2 Å². The van der Waals surface area contributed by atoms with Crippen molar-refractivity contribution < 1.29 is 18.9 Å². The van der Waals surface area contributed by atoms with Crippen molar-refractivity contribution in [3.63, 3.8) is 0 Å². The summed E-state index contributed by atoms with van der Waals surface area (Å²) in [5, 5.41) is 3.45. The predicted octanol–water partition coefficient (Wildman–Crippen LogP) is 2.49. The maximum atomic E-state index is 5.91.